The van der Waals surface area contributed by atoms with Gasteiger partial charge in [0.25, 0.3) is 0 Å². The van der Waals surface area contributed by atoms with Crippen LogP contribution < -0.4 is 11.5 Å². The van der Waals surface area contributed by atoms with Crippen LogP contribution in [0.1, 0.15) is 6.92 Å². The minimum absolute atomic E-state index is 0.0110. The molecule has 94 valence electrons. The summed E-state index contributed by atoms with van der Waals surface area (Å²) in [6.45, 7) is 1.42. The van der Waals surface area contributed by atoms with E-state index in [-0.39, 0.29) is 23.7 Å². The van der Waals surface area contributed by atoms with Gasteiger partial charge in [-0.3, -0.25) is 4.79 Å². The van der Waals surface area contributed by atoms with Crippen LogP contribution in [0, 0.1) is 0 Å². The number of benzene rings is 1. The summed E-state index contributed by atoms with van der Waals surface area (Å²) in [5.74, 6) is -0.704. The molecular formula is C10H15N3O3S. The molecule has 0 aliphatic carbocycles. The average molecular weight is 257 g/mol. The number of rotatable bonds is 5. The van der Waals surface area contributed by atoms with Crippen LogP contribution in [-0.4, -0.2) is 31.7 Å². The molecule has 1 aromatic rings. The predicted molar refractivity (Wildman–Crippen MR) is 64.5 cm³/mol. The van der Waals surface area contributed by atoms with Gasteiger partial charge in [0, 0.05) is 6.54 Å². The first-order chi connectivity index (χ1) is 7.89. The highest BCUT2D eigenvalue weighted by atomic mass is 32.2. The summed E-state index contributed by atoms with van der Waals surface area (Å²) in [4.78, 5) is 10.8. The Morgan fingerprint density at radius 1 is 1.35 bits per heavy atom. The normalized spacial score (nSPS) is 11.6. The van der Waals surface area contributed by atoms with Crippen molar-refractivity contribution < 1.29 is 13.2 Å². The first-order valence-corrected chi connectivity index (χ1v) is 6.46. The fourth-order valence-corrected chi connectivity index (χ4v) is 2.93. The van der Waals surface area contributed by atoms with Crippen molar-refractivity contribution in [2.75, 3.05) is 18.8 Å². The number of nitrogens with zero attached hydrogens (tertiary/aromatic N) is 1. The van der Waals surface area contributed by atoms with Gasteiger partial charge < -0.3 is 11.5 Å². The van der Waals surface area contributed by atoms with Gasteiger partial charge in [-0.05, 0) is 12.1 Å². The lowest BCUT2D eigenvalue weighted by Crippen LogP contribution is -2.38. The number of para-hydroxylation sites is 1. The summed E-state index contributed by atoms with van der Waals surface area (Å²) in [6, 6.07) is 6.10. The van der Waals surface area contributed by atoms with E-state index in [0.717, 1.165) is 4.31 Å². The van der Waals surface area contributed by atoms with Crippen molar-refractivity contribution in [3.05, 3.63) is 24.3 Å². The molecule has 0 unspecified atom stereocenters. The van der Waals surface area contributed by atoms with Crippen LogP contribution in [0.4, 0.5) is 5.69 Å². The Labute approximate surface area is 100 Å². The molecule has 0 radical (unpaired) electrons. The number of hydrogen-bond acceptors (Lipinski definition) is 4. The molecule has 0 heterocycles. The molecule has 0 spiro atoms. The molecule has 6 nitrogen and oxygen atoms in total. The largest absolute Gasteiger partial charge is 0.398 e. The van der Waals surface area contributed by atoms with E-state index in [0.29, 0.717) is 0 Å². The van der Waals surface area contributed by atoms with E-state index in [1.165, 1.54) is 12.1 Å². The third kappa shape index (κ3) is 2.95. The standard InChI is InChI=1S/C10H15N3O3S/c1-2-13(7-10(12)14)17(15,16)9-6-4-3-5-8(9)11/h3-6H,2,7,11H2,1H3,(H2,12,14). The summed E-state index contributed by atoms with van der Waals surface area (Å²) < 4.78 is 25.3. The number of carbonyl (C=O) groups is 1. The van der Waals surface area contributed by atoms with Gasteiger partial charge in [-0.25, -0.2) is 8.42 Å². The first kappa shape index (κ1) is 13.5. The van der Waals surface area contributed by atoms with Crippen molar-refractivity contribution in [1.29, 1.82) is 0 Å². The van der Waals surface area contributed by atoms with Gasteiger partial charge in [0.15, 0.2) is 0 Å². The number of hydrogen-bond donors (Lipinski definition) is 2. The van der Waals surface area contributed by atoms with E-state index in [9.17, 15) is 13.2 Å². The molecule has 0 saturated heterocycles. The lowest BCUT2D eigenvalue weighted by molar-refractivity contribution is -0.118. The van der Waals surface area contributed by atoms with E-state index in [2.05, 4.69) is 0 Å². The van der Waals surface area contributed by atoms with Crippen molar-refractivity contribution in [2.24, 2.45) is 5.73 Å². The van der Waals surface area contributed by atoms with Crippen molar-refractivity contribution in [1.82, 2.24) is 4.31 Å². The van der Waals surface area contributed by atoms with Crippen molar-refractivity contribution in [3.63, 3.8) is 0 Å². The molecule has 0 aliphatic heterocycles. The van der Waals surface area contributed by atoms with Gasteiger partial charge in [0.05, 0.1) is 12.2 Å². The lowest BCUT2D eigenvalue weighted by atomic mass is 10.3. The minimum Gasteiger partial charge on any atom is -0.398 e. The fourth-order valence-electron chi connectivity index (χ4n) is 1.40. The number of nitrogen functional groups attached to an aromatic ring is 1. The predicted octanol–water partition coefficient (Wildman–Crippen LogP) is -0.235. The number of sulfonamides is 1. The maximum atomic E-state index is 12.2. The summed E-state index contributed by atoms with van der Waals surface area (Å²) in [7, 11) is -3.77. The minimum atomic E-state index is -3.77. The summed E-state index contributed by atoms with van der Waals surface area (Å²) in [6.07, 6.45) is 0. The Bertz CT molecular complexity index is 513. The topological polar surface area (TPSA) is 106 Å². The number of carbonyl (C=O) groups excluding carboxylic acids is 1. The van der Waals surface area contributed by atoms with Crippen molar-refractivity contribution >= 4 is 21.6 Å². The molecule has 1 aromatic carbocycles. The van der Waals surface area contributed by atoms with Crippen LogP contribution in [0.2, 0.25) is 0 Å². The maximum Gasteiger partial charge on any atom is 0.245 e. The van der Waals surface area contributed by atoms with E-state index < -0.39 is 15.9 Å². The van der Waals surface area contributed by atoms with Gasteiger partial charge in [-0.2, -0.15) is 4.31 Å². The Hall–Kier alpha value is -1.60. The molecule has 0 saturated carbocycles. The Kier molecular flexibility index (Phi) is 4.08. The number of amides is 1. The molecule has 0 aromatic heterocycles. The second kappa shape index (κ2) is 5.15. The number of anilines is 1. The highest BCUT2D eigenvalue weighted by molar-refractivity contribution is 7.89. The van der Waals surface area contributed by atoms with Gasteiger partial charge >= 0.3 is 0 Å². The molecule has 7 heteroatoms. The molecule has 4 N–H and O–H groups in total. The van der Waals surface area contributed by atoms with Crippen LogP contribution in [0.25, 0.3) is 0 Å². The number of primary amides is 1. The molecule has 0 bridgehead atoms. The zero-order valence-corrected chi connectivity index (χ0v) is 10.3. The second-order valence-corrected chi connectivity index (χ2v) is 5.34. The van der Waals surface area contributed by atoms with Crippen molar-refractivity contribution in [2.45, 2.75) is 11.8 Å². The van der Waals surface area contributed by atoms with Crippen LogP contribution in [0.5, 0.6) is 0 Å². The quantitative estimate of drug-likeness (QED) is 0.710. The Balaban J connectivity index is 3.18. The summed E-state index contributed by atoms with van der Waals surface area (Å²) in [5, 5.41) is 0. The van der Waals surface area contributed by atoms with Crippen LogP contribution in [0.3, 0.4) is 0 Å². The Morgan fingerprint density at radius 3 is 2.41 bits per heavy atom. The number of nitrogens with two attached hydrogens (primary N) is 2. The highest BCUT2D eigenvalue weighted by Gasteiger charge is 2.25. The zero-order chi connectivity index (χ0) is 13.1. The van der Waals surface area contributed by atoms with Gasteiger partial charge in [-0.1, -0.05) is 19.1 Å². The average Bonchev–Trinajstić information content (AvgIpc) is 2.25. The van der Waals surface area contributed by atoms with Gasteiger partial charge in [0.1, 0.15) is 4.90 Å². The molecule has 17 heavy (non-hydrogen) atoms. The van der Waals surface area contributed by atoms with Gasteiger partial charge in [-0.15, -0.1) is 0 Å². The summed E-state index contributed by atoms with van der Waals surface area (Å²) >= 11 is 0. The zero-order valence-electron chi connectivity index (χ0n) is 9.46. The molecule has 0 aliphatic rings. The highest BCUT2D eigenvalue weighted by Crippen LogP contribution is 2.21. The molecule has 1 rings (SSSR count). The third-order valence-corrected chi connectivity index (χ3v) is 4.22. The van der Waals surface area contributed by atoms with E-state index in [1.54, 1.807) is 19.1 Å². The third-order valence-electron chi connectivity index (χ3n) is 2.22. The molecule has 1 amide bonds. The van der Waals surface area contributed by atoms with Crippen LogP contribution in [0.15, 0.2) is 29.2 Å². The second-order valence-electron chi connectivity index (χ2n) is 3.44. The smallest absolute Gasteiger partial charge is 0.245 e. The van der Waals surface area contributed by atoms with Gasteiger partial charge in [0.2, 0.25) is 15.9 Å². The fraction of sp³-hybridized carbons (Fsp3) is 0.300. The van der Waals surface area contributed by atoms with E-state index >= 15 is 0 Å². The van der Waals surface area contributed by atoms with Crippen LogP contribution in [-0.2, 0) is 14.8 Å². The SMILES string of the molecule is CCN(CC(N)=O)S(=O)(=O)c1ccccc1N. The summed E-state index contributed by atoms with van der Waals surface area (Å²) in [5.41, 5.74) is 10.8. The molecule has 0 fully saturated rings. The van der Waals surface area contributed by atoms with E-state index in [4.69, 9.17) is 11.5 Å². The molecule has 0 atom stereocenters. The maximum absolute atomic E-state index is 12.2. The van der Waals surface area contributed by atoms with E-state index in [1.807, 2.05) is 0 Å². The monoisotopic (exact) mass is 257 g/mol. The first-order valence-electron chi connectivity index (χ1n) is 5.02. The van der Waals surface area contributed by atoms with Crippen LogP contribution >= 0.6 is 0 Å². The number of likely N-dealkylation sites (N-methyl/N-ethyl adjacent to an activating group) is 1. The van der Waals surface area contributed by atoms with Crippen molar-refractivity contribution in [3.8, 4) is 0 Å². The lowest BCUT2D eigenvalue weighted by Gasteiger charge is -2.19. The Morgan fingerprint density at radius 2 is 1.94 bits per heavy atom. The molecular weight excluding hydrogens is 242 g/mol.